The first-order valence-corrected chi connectivity index (χ1v) is 11.4. The number of aliphatic hydroxyl groups excluding tert-OH is 1. The zero-order valence-electron chi connectivity index (χ0n) is 19.3. The van der Waals surface area contributed by atoms with E-state index in [1.807, 2.05) is 23.6 Å². The molecule has 176 valence electrons. The van der Waals surface area contributed by atoms with Gasteiger partial charge in [-0.2, -0.15) is 5.26 Å². The molecule has 9 heteroatoms. The lowest BCUT2D eigenvalue weighted by molar-refractivity contribution is -0.0541. The zero-order valence-corrected chi connectivity index (χ0v) is 19.3. The van der Waals surface area contributed by atoms with E-state index in [9.17, 15) is 15.2 Å². The average molecular weight is 462 g/mol. The number of carbonyl (C=O) groups excluding carboxylic acids is 1. The second kappa shape index (κ2) is 8.29. The summed E-state index contributed by atoms with van der Waals surface area (Å²) < 4.78 is 13.2. The van der Waals surface area contributed by atoms with Gasteiger partial charge in [-0.25, -0.2) is 14.8 Å². The highest BCUT2D eigenvalue weighted by atomic mass is 16.6. The molecule has 1 spiro atoms. The number of methoxy groups -OCH3 is 1. The minimum Gasteiger partial charge on any atom is -0.481 e. The van der Waals surface area contributed by atoms with E-state index in [-0.39, 0.29) is 6.61 Å². The number of aromatic nitrogens is 3. The van der Waals surface area contributed by atoms with Crippen molar-refractivity contribution in [3.63, 3.8) is 0 Å². The number of imidazole rings is 1. The van der Waals surface area contributed by atoms with E-state index >= 15 is 0 Å². The molecule has 1 aromatic carbocycles. The van der Waals surface area contributed by atoms with Gasteiger partial charge < -0.3 is 19.1 Å². The number of hydrogen-bond acceptors (Lipinski definition) is 7. The van der Waals surface area contributed by atoms with Crippen molar-refractivity contribution in [2.75, 3.05) is 25.2 Å². The largest absolute Gasteiger partial charge is 0.481 e. The molecule has 9 nitrogen and oxygen atoms in total. The fourth-order valence-corrected chi connectivity index (χ4v) is 5.53. The van der Waals surface area contributed by atoms with Crippen LogP contribution in [-0.2, 0) is 11.3 Å². The number of hydrogen-bond donors (Lipinski definition) is 1. The highest BCUT2D eigenvalue weighted by Gasteiger charge is 2.53. The molecule has 3 heterocycles. The third-order valence-corrected chi connectivity index (χ3v) is 7.16. The van der Waals surface area contributed by atoms with E-state index in [1.54, 1.807) is 36.7 Å². The van der Waals surface area contributed by atoms with Crippen LogP contribution in [-0.4, -0.2) is 51.6 Å². The second-order valence-electron chi connectivity index (χ2n) is 9.53. The summed E-state index contributed by atoms with van der Waals surface area (Å²) in [7, 11) is 1.56. The van der Waals surface area contributed by atoms with Crippen LogP contribution in [0.1, 0.15) is 36.8 Å². The van der Waals surface area contributed by atoms with Crippen LogP contribution in [0.4, 0.5) is 10.5 Å². The number of amides is 1. The highest BCUT2D eigenvalue weighted by molar-refractivity contribution is 5.91. The van der Waals surface area contributed by atoms with Gasteiger partial charge in [0.1, 0.15) is 5.60 Å². The molecule has 1 N–H and O–H groups in total. The Morgan fingerprint density at radius 2 is 2.15 bits per heavy atom. The summed E-state index contributed by atoms with van der Waals surface area (Å²) >= 11 is 0. The first kappa shape index (κ1) is 22.2. The molecule has 2 atom stereocenters. The lowest BCUT2D eigenvalue weighted by Crippen LogP contribution is -2.47. The van der Waals surface area contributed by atoms with Crippen molar-refractivity contribution in [2.24, 2.45) is 5.41 Å². The van der Waals surface area contributed by atoms with E-state index in [0.29, 0.717) is 36.6 Å². The molecule has 0 radical (unpaired) electrons. The molecule has 1 saturated carbocycles. The van der Waals surface area contributed by atoms with Crippen LogP contribution in [0.25, 0.3) is 11.0 Å². The fraction of sp³-hybridized carbons (Fsp3) is 0.440. The third-order valence-electron chi connectivity index (χ3n) is 7.16. The Morgan fingerprint density at radius 3 is 2.88 bits per heavy atom. The van der Waals surface area contributed by atoms with Gasteiger partial charge in [-0.15, -0.1) is 0 Å². The minimum atomic E-state index is -0.682. The van der Waals surface area contributed by atoms with E-state index in [4.69, 9.17) is 9.47 Å². The van der Waals surface area contributed by atoms with Gasteiger partial charge in [0.25, 0.3) is 0 Å². The Hall–Kier alpha value is -3.64. The van der Waals surface area contributed by atoms with Crippen LogP contribution < -0.4 is 9.64 Å². The molecular weight excluding hydrogens is 434 g/mol. The molecule has 3 aromatic rings. The second-order valence-corrected chi connectivity index (χ2v) is 9.53. The van der Waals surface area contributed by atoms with Gasteiger partial charge in [0.05, 0.1) is 61.1 Å². The fourth-order valence-electron chi connectivity index (χ4n) is 5.53. The molecule has 2 aromatic heterocycles. The lowest BCUT2D eigenvalue weighted by Gasteiger charge is -2.44. The Bertz CT molecular complexity index is 1300. The summed E-state index contributed by atoms with van der Waals surface area (Å²) in [5, 5.41) is 19.8. The van der Waals surface area contributed by atoms with Crippen molar-refractivity contribution in [2.45, 2.75) is 44.8 Å². The lowest BCUT2D eigenvalue weighted by atomic mass is 9.67. The molecule has 0 unspecified atom stereocenters. The number of nitriles is 1. The van der Waals surface area contributed by atoms with Crippen molar-refractivity contribution in [1.29, 1.82) is 5.26 Å². The number of aliphatic hydroxyl groups is 1. The van der Waals surface area contributed by atoms with Gasteiger partial charge in [0, 0.05) is 18.0 Å². The monoisotopic (exact) mass is 461 g/mol. The number of anilines is 1. The summed E-state index contributed by atoms with van der Waals surface area (Å²) in [6, 6.07) is 9.38. The van der Waals surface area contributed by atoms with Crippen LogP contribution in [0.3, 0.4) is 0 Å². The normalized spacial score (nSPS) is 24.4. The first-order chi connectivity index (χ1) is 16.4. The molecule has 1 amide bonds. The van der Waals surface area contributed by atoms with Gasteiger partial charge in [-0.3, -0.25) is 4.90 Å². The molecule has 1 aliphatic carbocycles. The van der Waals surface area contributed by atoms with Crippen molar-refractivity contribution < 1.29 is 19.4 Å². The number of carbonyl (C=O) groups is 1. The Kier molecular flexibility index (Phi) is 5.41. The van der Waals surface area contributed by atoms with Crippen LogP contribution in [0, 0.1) is 23.7 Å². The number of fused-ring (bicyclic) bond motifs is 1. The third kappa shape index (κ3) is 3.74. The van der Waals surface area contributed by atoms with Gasteiger partial charge in [-0.1, -0.05) is 0 Å². The zero-order chi connectivity index (χ0) is 23.9. The van der Waals surface area contributed by atoms with E-state index in [0.717, 1.165) is 35.9 Å². The number of pyridine rings is 1. The molecule has 2 fully saturated rings. The highest BCUT2D eigenvalue weighted by Crippen LogP contribution is 2.48. The van der Waals surface area contributed by atoms with Crippen molar-refractivity contribution in [3.8, 4) is 11.9 Å². The summed E-state index contributed by atoms with van der Waals surface area (Å²) in [6.45, 7) is 2.81. The number of aryl methyl sites for hydroxylation is 1. The molecule has 0 bridgehead atoms. The number of nitrogens with zero attached hydrogens (tertiary/aromatic N) is 5. The molecule has 34 heavy (non-hydrogen) atoms. The Labute approximate surface area is 197 Å². The Morgan fingerprint density at radius 1 is 1.29 bits per heavy atom. The van der Waals surface area contributed by atoms with Gasteiger partial charge in [0.2, 0.25) is 5.88 Å². The SMILES string of the molecule is COc1cc(C)c(N2C[C@@]3(CCC[C@](CO)(Cn4cnc5ccc(C#N)cc54)C3)OC2=O)cn1. The molecule has 1 saturated heterocycles. The molecular formula is C25H27N5O4. The topological polar surface area (TPSA) is 114 Å². The van der Waals surface area contributed by atoms with Crippen LogP contribution in [0.15, 0.2) is 36.8 Å². The summed E-state index contributed by atoms with van der Waals surface area (Å²) in [4.78, 5) is 23.3. The standard InChI is InChI=1S/C25H27N5O4/c1-17-8-22(33-2)27-11-21(17)30-14-25(34-23(30)32)7-3-6-24(12-25,15-31)13-29-16-28-19-5-4-18(10-26)9-20(19)29/h4-5,8-9,11,16,31H,3,6-7,12-15H2,1-2H3/t24-,25+/m1/s1. The quantitative estimate of drug-likeness (QED) is 0.618. The average Bonchev–Trinajstić information content (AvgIpc) is 3.38. The van der Waals surface area contributed by atoms with E-state index < -0.39 is 17.1 Å². The maximum atomic E-state index is 13.0. The van der Waals surface area contributed by atoms with Crippen LogP contribution in [0.2, 0.25) is 0 Å². The smallest absolute Gasteiger partial charge is 0.415 e. The maximum absolute atomic E-state index is 13.0. The minimum absolute atomic E-state index is 0.0347. The van der Waals surface area contributed by atoms with Gasteiger partial charge in [0.15, 0.2) is 0 Å². The van der Waals surface area contributed by atoms with Gasteiger partial charge in [-0.05, 0) is 56.4 Å². The maximum Gasteiger partial charge on any atom is 0.415 e. The number of ether oxygens (including phenoxy) is 2. The van der Waals surface area contributed by atoms with Crippen molar-refractivity contribution in [1.82, 2.24) is 14.5 Å². The summed E-state index contributed by atoms with van der Waals surface area (Å²) in [6.07, 6.45) is 5.92. The van der Waals surface area contributed by atoms with Gasteiger partial charge >= 0.3 is 6.09 Å². The van der Waals surface area contributed by atoms with Crippen molar-refractivity contribution >= 4 is 22.8 Å². The van der Waals surface area contributed by atoms with Crippen LogP contribution >= 0.6 is 0 Å². The Balaban J connectivity index is 1.42. The number of benzene rings is 1. The molecule has 2 aliphatic rings. The predicted octanol–water partition coefficient (Wildman–Crippen LogP) is 3.57. The summed E-state index contributed by atoms with van der Waals surface area (Å²) in [5.74, 6) is 0.493. The van der Waals surface area contributed by atoms with E-state index in [1.165, 1.54) is 0 Å². The molecule has 1 aliphatic heterocycles. The molecule has 5 rings (SSSR count). The first-order valence-electron chi connectivity index (χ1n) is 11.4. The van der Waals surface area contributed by atoms with E-state index in [2.05, 4.69) is 16.0 Å². The van der Waals surface area contributed by atoms with Crippen molar-refractivity contribution in [3.05, 3.63) is 47.9 Å². The predicted molar refractivity (Wildman–Crippen MR) is 125 cm³/mol. The van der Waals surface area contributed by atoms with Crippen LogP contribution in [0.5, 0.6) is 5.88 Å². The number of rotatable bonds is 5. The summed E-state index contributed by atoms with van der Waals surface area (Å²) in [5.41, 5.74) is 2.65.